The zero-order valence-electron chi connectivity index (χ0n) is 14.3. The van der Waals surface area contributed by atoms with Crippen molar-refractivity contribution < 1.29 is 23.9 Å². The summed E-state index contributed by atoms with van der Waals surface area (Å²) in [4.78, 5) is 38.2. The number of nitrogens with zero attached hydrogens (tertiary/aromatic N) is 1. The van der Waals surface area contributed by atoms with Crippen molar-refractivity contribution in [1.29, 1.82) is 0 Å². The summed E-state index contributed by atoms with van der Waals surface area (Å²) in [7, 11) is 0. The Balaban J connectivity index is 1.91. The highest BCUT2D eigenvalue weighted by molar-refractivity contribution is 7.13. The smallest absolute Gasteiger partial charge is 0.326 e. The summed E-state index contributed by atoms with van der Waals surface area (Å²) in [5.41, 5.74) is 5.70. The van der Waals surface area contributed by atoms with Gasteiger partial charge in [0, 0.05) is 17.5 Å². The Morgan fingerprint density at radius 3 is 2.70 bits per heavy atom. The number of carboxylic acids is 1. The number of hydrogen-bond acceptors (Lipinski definition) is 5. The van der Waals surface area contributed by atoms with E-state index in [1.165, 1.54) is 17.4 Å². The number of aliphatic carboxylic acids is 1. The molecule has 0 bridgehead atoms. The molecule has 1 atom stereocenters. The van der Waals surface area contributed by atoms with Crippen LogP contribution >= 0.6 is 11.3 Å². The van der Waals surface area contributed by atoms with Crippen molar-refractivity contribution in [2.24, 2.45) is 5.73 Å². The van der Waals surface area contributed by atoms with E-state index in [4.69, 9.17) is 5.73 Å². The third-order valence-corrected chi connectivity index (χ3v) is 4.52. The monoisotopic (exact) mass is 394 g/mol. The van der Waals surface area contributed by atoms with Crippen LogP contribution in [0.2, 0.25) is 0 Å². The number of thiazole rings is 1. The SMILES string of the molecule is NC(=O)NCCCC(NC(=O)Cc1csc(-c2ccccc2F)n1)C(=O)O. The number of amides is 3. The number of hydrogen-bond donors (Lipinski definition) is 4. The summed E-state index contributed by atoms with van der Waals surface area (Å²) in [6.07, 6.45) is 0.363. The van der Waals surface area contributed by atoms with Crippen molar-refractivity contribution in [2.45, 2.75) is 25.3 Å². The molecule has 0 aliphatic carbocycles. The van der Waals surface area contributed by atoms with Crippen LogP contribution in [-0.2, 0) is 16.0 Å². The Morgan fingerprint density at radius 1 is 1.30 bits per heavy atom. The van der Waals surface area contributed by atoms with E-state index < -0.39 is 29.8 Å². The Kier molecular flexibility index (Phi) is 7.24. The average molecular weight is 394 g/mol. The van der Waals surface area contributed by atoms with Crippen LogP contribution < -0.4 is 16.4 Å². The molecule has 3 amide bonds. The topological polar surface area (TPSA) is 134 Å². The Labute approximate surface area is 158 Å². The maximum absolute atomic E-state index is 13.8. The molecule has 0 spiro atoms. The van der Waals surface area contributed by atoms with Gasteiger partial charge in [0.1, 0.15) is 16.9 Å². The lowest BCUT2D eigenvalue weighted by Gasteiger charge is -2.14. The summed E-state index contributed by atoms with van der Waals surface area (Å²) in [5, 5.41) is 16.0. The Hall–Kier alpha value is -3.01. The molecule has 144 valence electrons. The molecule has 10 heteroatoms. The van der Waals surface area contributed by atoms with Gasteiger partial charge in [-0.15, -0.1) is 11.3 Å². The molecule has 1 heterocycles. The summed E-state index contributed by atoms with van der Waals surface area (Å²) < 4.78 is 13.8. The molecule has 1 unspecified atom stereocenters. The van der Waals surface area contributed by atoms with E-state index in [1.54, 1.807) is 23.6 Å². The second-order valence-electron chi connectivity index (χ2n) is 5.69. The molecular formula is C17H19FN4O4S. The van der Waals surface area contributed by atoms with Gasteiger partial charge < -0.3 is 21.5 Å². The molecule has 2 rings (SSSR count). The number of carbonyl (C=O) groups is 3. The minimum Gasteiger partial charge on any atom is -0.480 e. The highest BCUT2D eigenvalue weighted by atomic mass is 32.1. The number of carboxylic acid groups (broad SMARTS) is 1. The van der Waals surface area contributed by atoms with Gasteiger partial charge in [0.25, 0.3) is 0 Å². The van der Waals surface area contributed by atoms with Crippen LogP contribution in [0.4, 0.5) is 9.18 Å². The first-order chi connectivity index (χ1) is 12.9. The van der Waals surface area contributed by atoms with Crippen LogP contribution in [-0.4, -0.2) is 40.6 Å². The van der Waals surface area contributed by atoms with Crippen LogP contribution in [0.5, 0.6) is 0 Å². The molecule has 1 aromatic carbocycles. The normalized spacial score (nSPS) is 11.6. The maximum Gasteiger partial charge on any atom is 0.326 e. The van der Waals surface area contributed by atoms with Crippen molar-refractivity contribution in [2.75, 3.05) is 6.54 Å². The fourth-order valence-electron chi connectivity index (χ4n) is 2.33. The quantitative estimate of drug-likeness (QED) is 0.478. The van der Waals surface area contributed by atoms with Gasteiger partial charge in [-0.05, 0) is 25.0 Å². The van der Waals surface area contributed by atoms with Crippen LogP contribution in [0.25, 0.3) is 10.6 Å². The summed E-state index contributed by atoms with van der Waals surface area (Å²) in [6.45, 7) is 0.215. The molecule has 0 aliphatic heterocycles. The molecule has 0 aliphatic rings. The first-order valence-electron chi connectivity index (χ1n) is 8.11. The zero-order valence-corrected chi connectivity index (χ0v) is 15.1. The molecule has 0 radical (unpaired) electrons. The van der Waals surface area contributed by atoms with Crippen LogP contribution in [0.1, 0.15) is 18.5 Å². The van der Waals surface area contributed by atoms with Gasteiger partial charge in [-0.3, -0.25) is 4.79 Å². The highest BCUT2D eigenvalue weighted by Gasteiger charge is 2.20. The van der Waals surface area contributed by atoms with Gasteiger partial charge >= 0.3 is 12.0 Å². The lowest BCUT2D eigenvalue weighted by Crippen LogP contribution is -2.42. The lowest BCUT2D eigenvalue weighted by molar-refractivity contribution is -0.141. The first-order valence-corrected chi connectivity index (χ1v) is 8.99. The van der Waals surface area contributed by atoms with Gasteiger partial charge in [-0.2, -0.15) is 0 Å². The standard InChI is InChI=1S/C17H19FN4O4S/c18-12-5-2-1-4-11(12)15-21-10(9-27-15)8-14(23)22-13(16(24)25)6-3-7-20-17(19)26/h1-2,4-5,9,13H,3,6-8H2,(H,22,23)(H,24,25)(H3,19,20,26). The molecule has 8 nitrogen and oxygen atoms in total. The van der Waals surface area contributed by atoms with Crippen molar-refractivity contribution in [3.05, 3.63) is 41.2 Å². The van der Waals surface area contributed by atoms with Crippen molar-refractivity contribution in [1.82, 2.24) is 15.6 Å². The van der Waals surface area contributed by atoms with Gasteiger partial charge in [-0.25, -0.2) is 19.0 Å². The minimum absolute atomic E-state index is 0.117. The minimum atomic E-state index is -1.17. The van der Waals surface area contributed by atoms with Crippen LogP contribution in [0.3, 0.4) is 0 Å². The lowest BCUT2D eigenvalue weighted by atomic mass is 10.1. The maximum atomic E-state index is 13.8. The third kappa shape index (κ3) is 6.33. The number of aromatic nitrogens is 1. The van der Waals surface area contributed by atoms with Gasteiger partial charge in [-0.1, -0.05) is 12.1 Å². The zero-order chi connectivity index (χ0) is 19.8. The van der Waals surface area contributed by atoms with E-state index in [0.717, 1.165) is 0 Å². The number of benzene rings is 1. The highest BCUT2D eigenvalue weighted by Crippen LogP contribution is 2.26. The molecular weight excluding hydrogens is 375 g/mol. The van der Waals surface area contributed by atoms with E-state index in [-0.39, 0.29) is 19.4 Å². The predicted octanol–water partition coefficient (Wildman–Crippen LogP) is 1.51. The second-order valence-corrected chi connectivity index (χ2v) is 6.55. The summed E-state index contributed by atoms with van der Waals surface area (Å²) in [5.74, 6) is -2.08. The average Bonchev–Trinajstić information content (AvgIpc) is 3.05. The van der Waals surface area contributed by atoms with Crippen molar-refractivity contribution >= 4 is 29.2 Å². The predicted molar refractivity (Wildman–Crippen MR) is 97.6 cm³/mol. The van der Waals surface area contributed by atoms with E-state index in [9.17, 15) is 23.9 Å². The number of nitrogens with one attached hydrogen (secondary N) is 2. The number of urea groups is 1. The number of nitrogens with two attached hydrogens (primary N) is 1. The van der Waals surface area contributed by atoms with E-state index in [1.807, 2.05) is 0 Å². The second kappa shape index (κ2) is 9.62. The number of primary amides is 1. The number of rotatable bonds is 9. The Morgan fingerprint density at radius 2 is 2.04 bits per heavy atom. The molecule has 0 fully saturated rings. The van der Waals surface area contributed by atoms with Gasteiger partial charge in [0.05, 0.1) is 12.1 Å². The van der Waals surface area contributed by atoms with Gasteiger partial charge in [0.2, 0.25) is 5.91 Å². The van der Waals surface area contributed by atoms with Gasteiger partial charge in [0.15, 0.2) is 0 Å². The summed E-state index contributed by atoms with van der Waals surface area (Å²) in [6, 6.07) is 4.41. The fourth-order valence-corrected chi connectivity index (χ4v) is 3.18. The molecule has 1 aromatic heterocycles. The Bertz CT molecular complexity index is 827. The van der Waals surface area contributed by atoms with Crippen LogP contribution in [0.15, 0.2) is 29.6 Å². The fraction of sp³-hybridized carbons (Fsp3) is 0.294. The van der Waals surface area contributed by atoms with Crippen LogP contribution in [0, 0.1) is 5.82 Å². The molecule has 0 saturated carbocycles. The number of carbonyl (C=O) groups excluding carboxylic acids is 2. The third-order valence-electron chi connectivity index (χ3n) is 3.60. The first kappa shape index (κ1) is 20.3. The molecule has 0 saturated heterocycles. The van der Waals surface area contributed by atoms with E-state index >= 15 is 0 Å². The largest absolute Gasteiger partial charge is 0.480 e. The molecule has 2 aromatic rings. The molecule has 27 heavy (non-hydrogen) atoms. The van der Waals surface area contributed by atoms with Crippen molar-refractivity contribution in [3.8, 4) is 10.6 Å². The summed E-state index contributed by atoms with van der Waals surface area (Å²) >= 11 is 1.20. The molecule has 5 N–H and O–H groups in total. The van der Waals surface area contributed by atoms with E-state index in [2.05, 4.69) is 15.6 Å². The number of halogens is 1. The van der Waals surface area contributed by atoms with Crippen molar-refractivity contribution in [3.63, 3.8) is 0 Å². The van der Waals surface area contributed by atoms with E-state index in [0.29, 0.717) is 22.7 Å².